The van der Waals surface area contributed by atoms with E-state index in [2.05, 4.69) is 15.0 Å². The summed E-state index contributed by atoms with van der Waals surface area (Å²) in [5, 5.41) is 21.7. The van der Waals surface area contributed by atoms with E-state index in [1.54, 1.807) is 46.5 Å². The number of aliphatic hydroxyl groups is 2. The average molecular weight is 855 g/mol. The molecular formula is C44H62N4O13. The summed E-state index contributed by atoms with van der Waals surface area (Å²) in [6.45, 7) is 7.43. The van der Waals surface area contributed by atoms with E-state index in [1.807, 2.05) is 26.8 Å². The number of allylic oxidation sites excluding steroid dienone is 1. The zero-order valence-corrected chi connectivity index (χ0v) is 36.4. The van der Waals surface area contributed by atoms with Crippen LogP contribution >= 0.6 is 0 Å². The maximum Gasteiger partial charge on any atom is 0.308 e. The number of rotatable bonds is 15. The van der Waals surface area contributed by atoms with Crippen molar-refractivity contribution < 1.29 is 61.6 Å². The Bertz CT molecular complexity index is 1900. The van der Waals surface area contributed by atoms with E-state index in [1.165, 1.54) is 30.8 Å². The number of ether oxygens (including phenoxy) is 4. The van der Waals surface area contributed by atoms with Crippen molar-refractivity contribution in [2.45, 2.75) is 122 Å². The SMILES string of the molecule is COC(CC1OC(=O)CC(O)CC(O)CC(=O)C(C)C(OC)c2coc(n2)-c2coc(n2)-c2coc(n2)C=CCCC1C)C(C)CCC(=O)C(C)C(C/C=C/N(C)C=O)OC. The molecule has 0 aromatic carbocycles. The average Bonchev–Trinajstić information content (AvgIpc) is 4.03. The fourth-order valence-electron chi connectivity index (χ4n) is 7.35. The van der Waals surface area contributed by atoms with Gasteiger partial charge in [-0.3, -0.25) is 19.2 Å². The Kier molecular flexibility index (Phi) is 19.2. The van der Waals surface area contributed by atoms with Crippen molar-refractivity contribution in [1.29, 1.82) is 0 Å². The van der Waals surface area contributed by atoms with Crippen LogP contribution in [0.2, 0.25) is 0 Å². The molecule has 17 heteroatoms. The smallest absolute Gasteiger partial charge is 0.308 e. The minimum atomic E-state index is -1.28. The van der Waals surface area contributed by atoms with Gasteiger partial charge in [0.05, 0.1) is 30.8 Å². The van der Waals surface area contributed by atoms with Crippen molar-refractivity contribution in [3.05, 3.63) is 48.7 Å². The Hall–Kier alpha value is -4.81. The van der Waals surface area contributed by atoms with E-state index in [9.17, 15) is 29.4 Å². The molecule has 2 N–H and O–H groups in total. The van der Waals surface area contributed by atoms with Crippen LogP contribution < -0.4 is 0 Å². The summed E-state index contributed by atoms with van der Waals surface area (Å²) in [6, 6.07) is 0. The Morgan fingerprint density at radius 3 is 2.33 bits per heavy atom. The molecule has 0 fully saturated rings. The van der Waals surface area contributed by atoms with Crippen LogP contribution in [-0.4, -0.2) is 113 Å². The van der Waals surface area contributed by atoms with Crippen molar-refractivity contribution in [3.63, 3.8) is 0 Å². The minimum Gasteiger partial charge on any atom is -0.462 e. The molecular weight excluding hydrogens is 792 g/mol. The molecule has 4 rings (SSSR count). The third-order valence-corrected chi connectivity index (χ3v) is 11.3. The summed E-state index contributed by atoms with van der Waals surface area (Å²) in [4.78, 5) is 65.6. The molecule has 1 amide bonds. The standard InChI is InChI=1S/C44H62N4O13/c1-26-12-9-10-14-40-45-33(23-58-40)43-47-34(24-60-43)44-46-32(22-59-44)42(57-8)29(4)36(53)19-30(50)18-31(51)20-41(54)61-39(26)21-38(56-7)27(2)15-16-35(52)28(3)37(55-6)13-11-17-48(5)25-49/h10-11,14,17,22-31,37-39,42,50-51H,9,12-13,15-16,18-21H2,1-8H3/b14-10?,17-11+. The van der Waals surface area contributed by atoms with Crippen LogP contribution in [0.15, 0.2) is 50.4 Å². The van der Waals surface area contributed by atoms with Crippen molar-refractivity contribution in [2.75, 3.05) is 28.4 Å². The molecule has 1 aliphatic heterocycles. The highest BCUT2D eigenvalue weighted by molar-refractivity contribution is 5.82. The number of nitrogens with zero attached hydrogens (tertiary/aromatic N) is 4. The quantitative estimate of drug-likeness (QED) is 0.129. The largest absolute Gasteiger partial charge is 0.462 e. The summed E-state index contributed by atoms with van der Waals surface area (Å²) in [6.07, 6.45) is 9.02. The lowest BCUT2D eigenvalue weighted by atomic mass is 9.86. The molecule has 10 unspecified atom stereocenters. The number of esters is 1. The molecule has 3 aromatic rings. The minimum absolute atomic E-state index is 0.0373. The number of carbonyl (C=O) groups excluding carboxylic acids is 4. The molecule has 0 radical (unpaired) electrons. The van der Waals surface area contributed by atoms with Crippen molar-refractivity contribution in [3.8, 4) is 23.2 Å². The van der Waals surface area contributed by atoms with E-state index in [-0.39, 0.29) is 72.6 Å². The van der Waals surface area contributed by atoms with Gasteiger partial charge in [0.2, 0.25) is 24.1 Å². The molecule has 0 saturated carbocycles. The number of aromatic nitrogens is 3. The first kappa shape index (κ1) is 48.9. The maximum atomic E-state index is 13.4. The summed E-state index contributed by atoms with van der Waals surface area (Å²) in [5.41, 5.74) is 0.974. The highest BCUT2D eigenvalue weighted by atomic mass is 16.5. The lowest BCUT2D eigenvalue weighted by Gasteiger charge is -2.31. The van der Waals surface area contributed by atoms with Crippen LogP contribution in [0.25, 0.3) is 29.2 Å². The number of ketones is 2. The van der Waals surface area contributed by atoms with Gasteiger partial charge in [0.1, 0.15) is 48.3 Å². The highest BCUT2D eigenvalue weighted by Crippen LogP contribution is 2.32. The number of oxazole rings is 3. The molecule has 0 saturated heterocycles. The fourth-order valence-corrected chi connectivity index (χ4v) is 7.35. The highest BCUT2D eigenvalue weighted by Gasteiger charge is 2.33. The topological polar surface area (TPSA) is 227 Å². The molecule has 0 aliphatic carbocycles. The van der Waals surface area contributed by atoms with Crippen LogP contribution in [0.4, 0.5) is 0 Å². The van der Waals surface area contributed by atoms with Gasteiger partial charge in [0.25, 0.3) is 0 Å². The van der Waals surface area contributed by atoms with E-state index in [0.717, 1.165) is 0 Å². The molecule has 10 atom stereocenters. The van der Waals surface area contributed by atoms with Gasteiger partial charge in [-0.05, 0) is 43.6 Å². The van der Waals surface area contributed by atoms with Gasteiger partial charge >= 0.3 is 5.97 Å². The van der Waals surface area contributed by atoms with Gasteiger partial charge in [-0.25, -0.2) is 15.0 Å². The second kappa shape index (κ2) is 24.0. The zero-order chi connectivity index (χ0) is 44.6. The van der Waals surface area contributed by atoms with Gasteiger partial charge in [-0.1, -0.05) is 39.8 Å². The number of methoxy groups -OCH3 is 3. The van der Waals surface area contributed by atoms with Crippen LogP contribution in [-0.2, 0) is 38.1 Å². The lowest BCUT2D eigenvalue weighted by molar-refractivity contribution is -0.157. The number of aliphatic hydroxyl groups excluding tert-OH is 2. The number of fused-ring (bicyclic) bond motifs is 8. The molecule has 17 nitrogen and oxygen atoms in total. The molecule has 1 aliphatic rings. The Morgan fingerprint density at radius 1 is 0.951 bits per heavy atom. The van der Waals surface area contributed by atoms with Crippen molar-refractivity contribution in [2.24, 2.45) is 23.7 Å². The lowest BCUT2D eigenvalue weighted by Crippen LogP contribution is -2.35. The van der Waals surface area contributed by atoms with Crippen molar-refractivity contribution in [1.82, 2.24) is 19.9 Å². The van der Waals surface area contributed by atoms with E-state index in [0.29, 0.717) is 61.5 Å². The third-order valence-electron chi connectivity index (χ3n) is 11.3. The molecule has 0 spiro atoms. The Balaban J connectivity index is 1.49. The zero-order valence-electron chi connectivity index (χ0n) is 36.4. The van der Waals surface area contributed by atoms with E-state index >= 15 is 0 Å². The number of hydrogen-bond acceptors (Lipinski definition) is 16. The molecule has 6 bridgehead atoms. The summed E-state index contributed by atoms with van der Waals surface area (Å²) >= 11 is 0. The number of cyclic esters (lactones) is 1. The predicted molar refractivity (Wildman–Crippen MR) is 221 cm³/mol. The second-order valence-corrected chi connectivity index (χ2v) is 16.0. The van der Waals surface area contributed by atoms with Crippen LogP contribution in [0.5, 0.6) is 0 Å². The fraction of sp³-hybridized carbons (Fsp3) is 0.614. The monoisotopic (exact) mass is 854 g/mol. The summed E-state index contributed by atoms with van der Waals surface area (Å²) in [5.74, 6) is -1.73. The third kappa shape index (κ3) is 14.4. The van der Waals surface area contributed by atoms with Crippen LogP contribution in [0.3, 0.4) is 0 Å². The first-order chi connectivity index (χ1) is 29.2. The van der Waals surface area contributed by atoms with Crippen molar-refractivity contribution >= 4 is 30.0 Å². The van der Waals surface area contributed by atoms with Gasteiger partial charge in [-0.2, -0.15) is 0 Å². The van der Waals surface area contributed by atoms with Gasteiger partial charge in [0.15, 0.2) is 11.4 Å². The van der Waals surface area contributed by atoms with Gasteiger partial charge in [-0.15, -0.1) is 0 Å². The molecule has 3 aromatic heterocycles. The molecule has 61 heavy (non-hydrogen) atoms. The predicted octanol–water partition coefficient (Wildman–Crippen LogP) is 6.16. The van der Waals surface area contributed by atoms with Crippen LogP contribution in [0.1, 0.15) is 103 Å². The number of Topliss-reactive ketones (excluding diaryl/α,β-unsaturated/α-hetero) is 2. The summed E-state index contributed by atoms with van der Waals surface area (Å²) < 4.78 is 40.1. The first-order valence-corrected chi connectivity index (χ1v) is 20.7. The number of amides is 1. The Morgan fingerprint density at radius 2 is 1.62 bits per heavy atom. The maximum absolute atomic E-state index is 13.4. The number of carbonyl (C=O) groups is 4. The molecule has 336 valence electrons. The first-order valence-electron chi connectivity index (χ1n) is 20.7. The Labute approximate surface area is 356 Å². The second-order valence-electron chi connectivity index (χ2n) is 16.0. The van der Waals surface area contributed by atoms with Crippen LogP contribution in [0, 0.1) is 23.7 Å². The van der Waals surface area contributed by atoms with Gasteiger partial charge < -0.3 is 47.3 Å². The van der Waals surface area contributed by atoms with E-state index in [4.69, 9.17) is 32.2 Å². The molecule has 4 heterocycles. The normalized spacial score (nSPS) is 24.3. The number of hydrogen-bond donors (Lipinski definition) is 2. The van der Waals surface area contributed by atoms with Gasteiger partial charge in [0, 0.05) is 72.1 Å². The summed E-state index contributed by atoms with van der Waals surface area (Å²) in [7, 11) is 6.20. The van der Waals surface area contributed by atoms with E-state index < -0.39 is 42.7 Å².